The standard InChI is InChI=1S/C23H30ClF6N3O3S/c1-2-11-37(35,36)33-9-7-32(8-10-33)21(3-5-22(26,27)6-4-21)15-31-20(34)19-17(23(28,29)30)12-16(14-25)13-18(19)24/h12-13H,2-11,14-15H2,1H3,(H,31,34). The zero-order valence-electron chi connectivity index (χ0n) is 20.3. The third-order valence-corrected chi connectivity index (χ3v) is 9.47. The molecule has 1 aliphatic heterocycles. The van der Waals surface area contributed by atoms with Crippen LogP contribution in [0.15, 0.2) is 12.1 Å². The molecule has 1 saturated carbocycles. The molecule has 1 amide bonds. The third-order valence-electron chi connectivity index (χ3n) is 7.09. The Morgan fingerprint density at radius 3 is 2.19 bits per heavy atom. The fraction of sp³-hybridized carbons (Fsp3) is 0.696. The van der Waals surface area contributed by atoms with Crippen molar-refractivity contribution in [2.45, 2.75) is 63.3 Å². The van der Waals surface area contributed by atoms with Gasteiger partial charge in [-0.05, 0) is 37.0 Å². The van der Waals surface area contributed by atoms with Crippen molar-refractivity contribution in [1.82, 2.24) is 14.5 Å². The minimum Gasteiger partial charge on any atom is -0.350 e. The predicted octanol–water partition coefficient (Wildman–Crippen LogP) is 4.86. The maximum atomic E-state index is 14.0. The number of carbonyl (C=O) groups excluding carboxylic acids is 1. The van der Waals surface area contributed by atoms with Crippen LogP contribution >= 0.6 is 11.6 Å². The molecule has 2 aliphatic rings. The number of hydrogen-bond donors (Lipinski definition) is 1. The number of benzene rings is 1. The van der Waals surface area contributed by atoms with Gasteiger partial charge in [-0.1, -0.05) is 18.5 Å². The molecule has 1 aromatic rings. The molecule has 210 valence electrons. The number of hydrogen-bond acceptors (Lipinski definition) is 4. The Labute approximate surface area is 217 Å². The molecule has 3 rings (SSSR count). The summed E-state index contributed by atoms with van der Waals surface area (Å²) in [7, 11) is -3.45. The summed E-state index contributed by atoms with van der Waals surface area (Å²) >= 11 is 5.94. The molecule has 0 radical (unpaired) electrons. The lowest BCUT2D eigenvalue weighted by Crippen LogP contribution is -2.63. The first kappa shape index (κ1) is 30.0. The highest BCUT2D eigenvalue weighted by Crippen LogP contribution is 2.42. The summed E-state index contributed by atoms with van der Waals surface area (Å²) in [5.41, 5.74) is -3.58. The number of nitrogens with zero attached hydrogens (tertiary/aromatic N) is 2. The Hall–Kier alpha value is -1.57. The van der Waals surface area contributed by atoms with Gasteiger partial charge >= 0.3 is 6.18 Å². The Morgan fingerprint density at radius 2 is 1.68 bits per heavy atom. The number of amides is 1. The highest BCUT2D eigenvalue weighted by atomic mass is 35.5. The normalized spacial score (nSPS) is 21.1. The lowest BCUT2D eigenvalue weighted by Gasteiger charge is -2.50. The van der Waals surface area contributed by atoms with Gasteiger partial charge < -0.3 is 5.32 Å². The van der Waals surface area contributed by atoms with Crippen LogP contribution in [-0.2, 0) is 22.9 Å². The molecule has 0 aromatic heterocycles. The van der Waals surface area contributed by atoms with Gasteiger partial charge in [0.1, 0.15) is 6.67 Å². The van der Waals surface area contributed by atoms with Crippen molar-refractivity contribution in [3.8, 4) is 0 Å². The number of halogens is 7. The van der Waals surface area contributed by atoms with Gasteiger partial charge in [-0.2, -0.15) is 17.5 Å². The predicted molar refractivity (Wildman–Crippen MR) is 127 cm³/mol. The van der Waals surface area contributed by atoms with Crippen LogP contribution in [0.2, 0.25) is 5.02 Å². The summed E-state index contributed by atoms with van der Waals surface area (Å²) < 4.78 is 108. The van der Waals surface area contributed by atoms with Crippen LogP contribution in [0.4, 0.5) is 26.3 Å². The largest absolute Gasteiger partial charge is 0.417 e. The van der Waals surface area contributed by atoms with Crippen molar-refractivity contribution in [2.75, 3.05) is 38.5 Å². The number of sulfonamides is 1. The van der Waals surface area contributed by atoms with E-state index in [0.717, 1.165) is 6.07 Å². The van der Waals surface area contributed by atoms with E-state index >= 15 is 0 Å². The van der Waals surface area contributed by atoms with Crippen LogP contribution in [0.1, 0.15) is 60.5 Å². The van der Waals surface area contributed by atoms with Gasteiger partial charge in [0.05, 0.1) is 21.9 Å². The minimum absolute atomic E-state index is 0.0100. The van der Waals surface area contributed by atoms with E-state index in [2.05, 4.69) is 5.32 Å². The highest BCUT2D eigenvalue weighted by Gasteiger charge is 2.48. The van der Waals surface area contributed by atoms with E-state index in [1.54, 1.807) is 6.92 Å². The molecule has 1 aromatic carbocycles. The second kappa shape index (κ2) is 11.3. The first-order chi connectivity index (χ1) is 17.1. The fourth-order valence-corrected chi connectivity index (χ4v) is 6.86. The van der Waals surface area contributed by atoms with E-state index < -0.39 is 69.2 Å². The quantitative estimate of drug-likeness (QED) is 0.448. The SMILES string of the molecule is CCCS(=O)(=O)N1CCN(C2(CNC(=O)c3c(Cl)cc(CF)cc3C(F)(F)F)CCC(F)(F)CC2)CC1. The van der Waals surface area contributed by atoms with Crippen molar-refractivity contribution in [2.24, 2.45) is 0 Å². The van der Waals surface area contributed by atoms with Gasteiger partial charge in [0.15, 0.2) is 0 Å². The summed E-state index contributed by atoms with van der Waals surface area (Å²) in [6, 6.07) is 1.46. The van der Waals surface area contributed by atoms with Gasteiger partial charge in [0.25, 0.3) is 5.91 Å². The zero-order chi connectivity index (χ0) is 27.6. The number of alkyl halides is 6. The molecule has 1 aliphatic carbocycles. The average molecular weight is 578 g/mol. The van der Waals surface area contributed by atoms with E-state index in [0.29, 0.717) is 12.5 Å². The highest BCUT2D eigenvalue weighted by molar-refractivity contribution is 7.89. The molecule has 6 nitrogen and oxygen atoms in total. The van der Waals surface area contributed by atoms with Crippen molar-refractivity contribution in [3.05, 3.63) is 33.8 Å². The zero-order valence-corrected chi connectivity index (χ0v) is 21.9. The summed E-state index contributed by atoms with van der Waals surface area (Å²) in [6.45, 7) is 1.04. The van der Waals surface area contributed by atoms with Gasteiger partial charge in [0.2, 0.25) is 15.9 Å². The van der Waals surface area contributed by atoms with Crippen molar-refractivity contribution < 1.29 is 39.6 Å². The number of rotatable bonds is 8. The molecule has 1 saturated heterocycles. The van der Waals surface area contributed by atoms with Crippen LogP contribution in [0.25, 0.3) is 0 Å². The van der Waals surface area contributed by atoms with E-state index in [4.69, 9.17) is 11.6 Å². The van der Waals surface area contributed by atoms with Crippen LogP contribution in [-0.4, -0.2) is 73.5 Å². The monoisotopic (exact) mass is 577 g/mol. The second-order valence-corrected chi connectivity index (χ2v) is 12.1. The first-order valence-electron chi connectivity index (χ1n) is 12.0. The Kier molecular flexibility index (Phi) is 9.13. The van der Waals surface area contributed by atoms with Crippen molar-refractivity contribution in [3.63, 3.8) is 0 Å². The summed E-state index contributed by atoms with van der Waals surface area (Å²) in [5.74, 6) is -4.07. The van der Waals surface area contributed by atoms with Crippen LogP contribution in [0, 0.1) is 0 Å². The van der Waals surface area contributed by atoms with E-state index in [-0.39, 0.29) is 56.9 Å². The Bertz CT molecular complexity index is 1080. The molecule has 0 atom stereocenters. The maximum Gasteiger partial charge on any atom is 0.417 e. The van der Waals surface area contributed by atoms with Gasteiger partial charge in [-0.15, -0.1) is 0 Å². The summed E-state index contributed by atoms with van der Waals surface area (Å²) in [4.78, 5) is 14.8. The van der Waals surface area contributed by atoms with Crippen LogP contribution in [0.3, 0.4) is 0 Å². The molecule has 1 heterocycles. The molecule has 1 N–H and O–H groups in total. The van der Waals surface area contributed by atoms with E-state index in [9.17, 15) is 39.6 Å². The lowest BCUT2D eigenvalue weighted by atomic mass is 9.78. The van der Waals surface area contributed by atoms with Gasteiger partial charge in [-0.25, -0.2) is 21.6 Å². The molecule has 0 spiro atoms. The molecular weight excluding hydrogens is 548 g/mol. The second-order valence-electron chi connectivity index (χ2n) is 9.60. The number of nitrogens with one attached hydrogen (secondary N) is 1. The lowest BCUT2D eigenvalue weighted by molar-refractivity contribution is -0.138. The number of carbonyl (C=O) groups is 1. The van der Waals surface area contributed by atoms with E-state index in [1.165, 1.54) is 4.31 Å². The molecule has 0 unspecified atom stereocenters. The third kappa shape index (κ3) is 6.90. The van der Waals surface area contributed by atoms with E-state index in [1.807, 2.05) is 4.90 Å². The first-order valence-corrected chi connectivity index (χ1v) is 14.0. The molecular formula is C23H30ClF6N3O3S. The van der Waals surface area contributed by atoms with Crippen LogP contribution in [0.5, 0.6) is 0 Å². The van der Waals surface area contributed by atoms with Gasteiger partial charge in [-0.3, -0.25) is 9.69 Å². The van der Waals surface area contributed by atoms with Crippen LogP contribution < -0.4 is 5.32 Å². The molecule has 37 heavy (non-hydrogen) atoms. The molecule has 14 heteroatoms. The molecule has 0 bridgehead atoms. The average Bonchev–Trinajstić information content (AvgIpc) is 2.82. The van der Waals surface area contributed by atoms with Gasteiger partial charge in [0, 0.05) is 51.1 Å². The minimum atomic E-state index is -4.98. The summed E-state index contributed by atoms with van der Waals surface area (Å²) in [6.07, 6.45) is -5.56. The van der Waals surface area contributed by atoms with Crippen molar-refractivity contribution in [1.29, 1.82) is 0 Å². The smallest absolute Gasteiger partial charge is 0.350 e. The number of piperazine rings is 1. The van der Waals surface area contributed by atoms with Crippen molar-refractivity contribution >= 4 is 27.5 Å². The maximum absolute atomic E-state index is 14.0. The Morgan fingerprint density at radius 1 is 1.08 bits per heavy atom. The topological polar surface area (TPSA) is 69.7 Å². The molecule has 2 fully saturated rings. The Balaban J connectivity index is 1.83. The summed E-state index contributed by atoms with van der Waals surface area (Å²) in [5, 5.41) is 1.88. The fourth-order valence-electron chi connectivity index (χ4n) is 5.04.